The van der Waals surface area contributed by atoms with Gasteiger partial charge in [0.15, 0.2) is 0 Å². The third kappa shape index (κ3) is 3.93. The first-order valence-corrected chi connectivity index (χ1v) is 7.73. The van der Waals surface area contributed by atoms with Crippen molar-refractivity contribution in [1.82, 2.24) is 4.90 Å². The van der Waals surface area contributed by atoms with Gasteiger partial charge in [0.1, 0.15) is 6.04 Å². The SMILES string of the molecule is CC1CCCN(CC(O)CC2CCCC2)C1C(=O)O. The summed E-state index contributed by atoms with van der Waals surface area (Å²) in [7, 11) is 0. The normalized spacial score (nSPS) is 31.5. The Kier molecular flexibility index (Phi) is 5.22. The third-order valence-electron chi connectivity index (χ3n) is 4.82. The number of piperidine rings is 1. The molecule has 4 heteroatoms. The summed E-state index contributed by atoms with van der Waals surface area (Å²) in [4.78, 5) is 13.4. The van der Waals surface area contributed by atoms with Crippen LogP contribution in [0, 0.1) is 11.8 Å². The Hall–Kier alpha value is -0.610. The van der Waals surface area contributed by atoms with E-state index in [1.54, 1.807) is 0 Å². The molecule has 1 heterocycles. The van der Waals surface area contributed by atoms with Crippen LogP contribution in [0.3, 0.4) is 0 Å². The second kappa shape index (κ2) is 6.71. The van der Waals surface area contributed by atoms with Gasteiger partial charge in [-0.1, -0.05) is 32.6 Å². The molecule has 2 fully saturated rings. The maximum atomic E-state index is 11.4. The summed E-state index contributed by atoms with van der Waals surface area (Å²) in [5.41, 5.74) is 0. The third-order valence-corrected chi connectivity index (χ3v) is 4.82. The molecule has 3 unspecified atom stereocenters. The minimum atomic E-state index is -0.736. The first-order chi connectivity index (χ1) is 9.08. The van der Waals surface area contributed by atoms with Gasteiger partial charge in [0.25, 0.3) is 0 Å². The van der Waals surface area contributed by atoms with Gasteiger partial charge in [0, 0.05) is 6.54 Å². The number of likely N-dealkylation sites (tertiary alicyclic amines) is 1. The molecule has 1 saturated heterocycles. The molecule has 0 aromatic heterocycles. The van der Waals surface area contributed by atoms with E-state index in [4.69, 9.17) is 0 Å². The van der Waals surface area contributed by atoms with E-state index in [1.807, 2.05) is 11.8 Å². The maximum Gasteiger partial charge on any atom is 0.321 e. The standard InChI is InChI=1S/C15H27NO3/c1-11-5-4-8-16(14(11)15(18)19)10-13(17)9-12-6-2-3-7-12/h11-14,17H,2-10H2,1H3,(H,18,19). The van der Waals surface area contributed by atoms with Crippen LogP contribution in [0.1, 0.15) is 51.9 Å². The number of nitrogens with zero attached hydrogens (tertiary/aromatic N) is 1. The van der Waals surface area contributed by atoms with Crippen molar-refractivity contribution in [1.29, 1.82) is 0 Å². The second-order valence-corrected chi connectivity index (χ2v) is 6.44. The molecule has 2 rings (SSSR count). The van der Waals surface area contributed by atoms with Crippen molar-refractivity contribution in [3.8, 4) is 0 Å². The lowest BCUT2D eigenvalue weighted by Gasteiger charge is -2.38. The Balaban J connectivity index is 1.86. The number of β-amino-alcohol motifs (C(OH)–C–C–N with tert-alkyl or cyclic N) is 1. The van der Waals surface area contributed by atoms with Crippen LogP contribution in [-0.4, -0.2) is 46.3 Å². The monoisotopic (exact) mass is 269 g/mol. The molecule has 4 nitrogen and oxygen atoms in total. The Labute approximate surface area is 115 Å². The molecule has 3 atom stereocenters. The van der Waals surface area contributed by atoms with Crippen LogP contribution in [-0.2, 0) is 4.79 Å². The number of aliphatic hydroxyl groups is 1. The first-order valence-electron chi connectivity index (χ1n) is 7.73. The Morgan fingerprint density at radius 1 is 1.26 bits per heavy atom. The average Bonchev–Trinajstić information content (AvgIpc) is 2.81. The molecule has 0 bridgehead atoms. The van der Waals surface area contributed by atoms with E-state index >= 15 is 0 Å². The van der Waals surface area contributed by atoms with Gasteiger partial charge in [-0.15, -0.1) is 0 Å². The van der Waals surface area contributed by atoms with Crippen molar-refractivity contribution in [3.05, 3.63) is 0 Å². The highest BCUT2D eigenvalue weighted by Crippen LogP contribution is 2.30. The van der Waals surface area contributed by atoms with Gasteiger partial charge in [-0.2, -0.15) is 0 Å². The fourth-order valence-corrected chi connectivity index (χ4v) is 3.85. The lowest BCUT2D eigenvalue weighted by Crippen LogP contribution is -2.51. The number of carboxylic acid groups (broad SMARTS) is 1. The number of carboxylic acids is 1. The molecule has 1 saturated carbocycles. The summed E-state index contributed by atoms with van der Waals surface area (Å²) >= 11 is 0. The lowest BCUT2D eigenvalue weighted by molar-refractivity contribution is -0.147. The van der Waals surface area contributed by atoms with E-state index in [1.165, 1.54) is 25.7 Å². The molecule has 0 spiro atoms. The first kappa shape index (κ1) is 14.8. The number of hydrogen-bond donors (Lipinski definition) is 2. The van der Waals surface area contributed by atoms with Crippen molar-refractivity contribution in [2.75, 3.05) is 13.1 Å². The summed E-state index contributed by atoms with van der Waals surface area (Å²) in [6.45, 7) is 3.34. The van der Waals surface area contributed by atoms with E-state index in [0.717, 1.165) is 25.8 Å². The van der Waals surface area contributed by atoms with Crippen molar-refractivity contribution < 1.29 is 15.0 Å². The van der Waals surface area contributed by atoms with Crippen LogP contribution in [0.2, 0.25) is 0 Å². The molecular formula is C15H27NO3. The summed E-state index contributed by atoms with van der Waals surface area (Å²) in [5.74, 6) is 0.102. The van der Waals surface area contributed by atoms with Gasteiger partial charge in [0.2, 0.25) is 0 Å². The molecule has 2 aliphatic rings. The predicted molar refractivity (Wildman–Crippen MR) is 74.0 cm³/mol. The zero-order valence-electron chi connectivity index (χ0n) is 11.9. The van der Waals surface area contributed by atoms with Crippen LogP contribution in [0.5, 0.6) is 0 Å². The molecule has 19 heavy (non-hydrogen) atoms. The zero-order valence-corrected chi connectivity index (χ0v) is 11.9. The van der Waals surface area contributed by atoms with E-state index < -0.39 is 12.0 Å². The smallest absolute Gasteiger partial charge is 0.321 e. The maximum absolute atomic E-state index is 11.4. The van der Waals surface area contributed by atoms with Crippen molar-refractivity contribution in [2.45, 2.75) is 64.0 Å². The van der Waals surface area contributed by atoms with Crippen LogP contribution < -0.4 is 0 Å². The minimum absolute atomic E-state index is 0.185. The van der Waals surface area contributed by atoms with E-state index in [-0.39, 0.29) is 12.0 Å². The summed E-state index contributed by atoms with van der Waals surface area (Å²) in [6.07, 6.45) is 7.54. The van der Waals surface area contributed by atoms with E-state index in [0.29, 0.717) is 12.5 Å². The molecule has 1 aliphatic heterocycles. The van der Waals surface area contributed by atoms with Gasteiger partial charge >= 0.3 is 5.97 Å². The highest BCUT2D eigenvalue weighted by Gasteiger charge is 2.35. The number of rotatable bonds is 5. The summed E-state index contributed by atoms with van der Waals surface area (Å²) in [6, 6.07) is -0.410. The molecule has 0 amide bonds. The van der Waals surface area contributed by atoms with Crippen molar-refractivity contribution in [2.24, 2.45) is 11.8 Å². The van der Waals surface area contributed by atoms with Gasteiger partial charge in [-0.3, -0.25) is 9.69 Å². The molecule has 0 aromatic rings. The zero-order chi connectivity index (χ0) is 13.8. The number of hydrogen-bond acceptors (Lipinski definition) is 3. The Morgan fingerprint density at radius 3 is 2.58 bits per heavy atom. The van der Waals surface area contributed by atoms with E-state index in [9.17, 15) is 15.0 Å². The molecular weight excluding hydrogens is 242 g/mol. The van der Waals surface area contributed by atoms with Crippen molar-refractivity contribution in [3.63, 3.8) is 0 Å². The molecule has 0 radical (unpaired) electrons. The van der Waals surface area contributed by atoms with Crippen LogP contribution >= 0.6 is 0 Å². The van der Waals surface area contributed by atoms with Crippen LogP contribution in [0.15, 0.2) is 0 Å². The minimum Gasteiger partial charge on any atom is -0.480 e. The van der Waals surface area contributed by atoms with Gasteiger partial charge < -0.3 is 10.2 Å². The van der Waals surface area contributed by atoms with Crippen molar-refractivity contribution >= 4 is 5.97 Å². The Morgan fingerprint density at radius 2 is 1.95 bits per heavy atom. The largest absolute Gasteiger partial charge is 0.480 e. The summed E-state index contributed by atoms with van der Waals surface area (Å²) in [5, 5.41) is 19.6. The lowest BCUT2D eigenvalue weighted by atomic mass is 9.90. The molecule has 1 aliphatic carbocycles. The topological polar surface area (TPSA) is 60.8 Å². The fraction of sp³-hybridized carbons (Fsp3) is 0.933. The number of aliphatic carboxylic acids is 1. The number of carbonyl (C=O) groups is 1. The molecule has 0 aromatic carbocycles. The van der Waals surface area contributed by atoms with Gasteiger partial charge in [-0.25, -0.2) is 0 Å². The Bertz CT molecular complexity index is 302. The number of aliphatic hydroxyl groups excluding tert-OH is 1. The van der Waals surface area contributed by atoms with Crippen LogP contribution in [0.25, 0.3) is 0 Å². The average molecular weight is 269 g/mol. The second-order valence-electron chi connectivity index (χ2n) is 6.44. The van der Waals surface area contributed by atoms with Crippen LogP contribution in [0.4, 0.5) is 0 Å². The predicted octanol–water partition coefficient (Wildman–Crippen LogP) is 2.11. The summed E-state index contributed by atoms with van der Waals surface area (Å²) < 4.78 is 0. The fourth-order valence-electron chi connectivity index (χ4n) is 3.85. The van der Waals surface area contributed by atoms with E-state index in [2.05, 4.69) is 0 Å². The quantitative estimate of drug-likeness (QED) is 0.802. The molecule has 110 valence electrons. The molecule has 2 N–H and O–H groups in total. The highest BCUT2D eigenvalue weighted by molar-refractivity contribution is 5.74. The van der Waals surface area contributed by atoms with Gasteiger partial charge in [0.05, 0.1) is 6.10 Å². The van der Waals surface area contributed by atoms with Gasteiger partial charge in [-0.05, 0) is 37.6 Å². The highest BCUT2D eigenvalue weighted by atomic mass is 16.4.